The average molecular weight is 156 g/mol. The molecule has 2 heteroatoms. The van der Waals surface area contributed by atoms with Gasteiger partial charge in [-0.1, -0.05) is 6.92 Å². The Kier molecular flexibility index (Phi) is 1.73. The number of hydrogen-bond acceptors (Lipinski definition) is 2. The van der Waals surface area contributed by atoms with E-state index in [0.29, 0.717) is 0 Å². The summed E-state index contributed by atoms with van der Waals surface area (Å²) in [4.78, 5) is 11.2. The van der Waals surface area contributed by atoms with Crippen LogP contribution in [0, 0.1) is 5.41 Å². The summed E-state index contributed by atoms with van der Waals surface area (Å²) in [6.07, 6.45) is 1.75. The zero-order valence-corrected chi connectivity index (χ0v) is 7.73. The maximum Gasteiger partial charge on any atom is 0.312 e. The third-order valence-corrected chi connectivity index (χ3v) is 2.46. The van der Waals surface area contributed by atoms with Crippen molar-refractivity contribution >= 4 is 5.97 Å². The molecule has 1 aliphatic rings. The molecule has 64 valence electrons. The summed E-state index contributed by atoms with van der Waals surface area (Å²) in [5, 5.41) is 0. The van der Waals surface area contributed by atoms with Gasteiger partial charge in [0.25, 0.3) is 0 Å². The van der Waals surface area contributed by atoms with Gasteiger partial charge in [-0.25, -0.2) is 0 Å². The molecule has 1 saturated heterocycles. The van der Waals surface area contributed by atoms with E-state index in [1.807, 2.05) is 20.8 Å². The van der Waals surface area contributed by atoms with Crippen molar-refractivity contribution in [2.24, 2.45) is 5.41 Å². The largest absolute Gasteiger partial charge is 0.459 e. The predicted molar refractivity (Wildman–Crippen MR) is 43.2 cm³/mol. The second-order valence-corrected chi connectivity index (χ2v) is 4.25. The molecule has 11 heavy (non-hydrogen) atoms. The lowest BCUT2D eigenvalue weighted by Crippen LogP contribution is -2.22. The Labute approximate surface area is 67.9 Å². The number of carbonyl (C=O) groups excluding carboxylic acids is 1. The molecule has 0 N–H and O–H groups in total. The number of cyclic esters (lactones) is 1. The van der Waals surface area contributed by atoms with Gasteiger partial charge in [0.15, 0.2) is 0 Å². The maximum atomic E-state index is 11.2. The van der Waals surface area contributed by atoms with Crippen molar-refractivity contribution in [2.45, 2.75) is 46.1 Å². The van der Waals surface area contributed by atoms with Gasteiger partial charge in [-0.3, -0.25) is 4.79 Å². The molecule has 0 aromatic rings. The van der Waals surface area contributed by atoms with Gasteiger partial charge in [-0.15, -0.1) is 0 Å². The molecule has 0 spiro atoms. The zero-order valence-electron chi connectivity index (χ0n) is 7.73. The third kappa shape index (κ3) is 1.39. The van der Waals surface area contributed by atoms with Gasteiger partial charge in [0.1, 0.15) is 5.60 Å². The summed E-state index contributed by atoms with van der Waals surface area (Å²) < 4.78 is 5.27. The first-order valence-electron chi connectivity index (χ1n) is 4.13. The number of ether oxygens (including phenoxy) is 1. The lowest BCUT2D eigenvalue weighted by molar-refractivity contribution is -0.152. The van der Waals surface area contributed by atoms with Gasteiger partial charge in [0, 0.05) is 6.42 Å². The molecule has 1 unspecified atom stereocenters. The second-order valence-electron chi connectivity index (χ2n) is 4.25. The Bertz CT molecular complexity index is 184. The van der Waals surface area contributed by atoms with Crippen molar-refractivity contribution in [3.63, 3.8) is 0 Å². The zero-order chi connectivity index (χ0) is 8.70. The van der Waals surface area contributed by atoms with E-state index in [9.17, 15) is 4.79 Å². The highest BCUT2D eigenvalue weighted by molar-refractivity contribution is 5.78. The summed E-state index contributed by atoms with van der Waals surface area (Å²) in [6, 6.07) is 0. The Morgan fingerprint density at radius 2 is 2.00 bits per heavy atom. The molecular formula is C9H16O2. The van der Waals surface area contributed by atoms with Crippen LogP contribution in [0.5, 0.6) is 0 Å². The van der Waals surface area contributed by atoms with Crippen molar-refractivity contribution in [2.75, 3.05) is 0 Å². The van der Waals surface area contributed by atoms with Crippen LogP contribution in [0.2, 0.25) is 0 Å². The Balaban J connectivity index is 2.79. The maximum absolute atomic E-state index is 11.2. The molecule has 0 aromatic heterocycles. The molecule has 0 bridgehead atoms. The first kappa shape index (κ1) is 8.57. The van der Waals surface area contributed by atoms with E-state index in [4.69, 9.17) is 4.74 Å². The molecule has 2 nitrogen and oxygen atoms in total. The van der Waals surface area contributed by atoms with Crippen LogP contribution >= 0.6 is 0 Å². The summed E-state index contributed by atoms with van der Waals surface area (Å²) in [7, 11) is 0. The van der Waals surface area contributed by atoms with Crippen LogP contribution in [0.4, 0.5) is 0 Å². The molecular weight excluding hydrogens is 140 g/mol. The highest BCUT2D eigenvalue weighted by atomic mass is 16.6. The van der Waals surface area contributed by atoms with Gasteiger partial charge in [-0.2, -0.15) is 0 Å². The van der Waals surface area contributed by atoms with Crippen molar-refractivity contribution in [1.82, 2.24) is 0 Å². The number of esters is 1. The minimum atomic E-state index is -0.273. The lowest BCUT2D eigenvalue weighted by Gasteiger charge is -2.20. The number of carbonyl (C=O) groups is 1. The van der Waals surface area contributed by atoms with Crippen LogP contribution in [0.15, 0.2) is 0 Å². The fourth-order valence-corrected chi connectivity index (χ4v) is 1.60. The molecule has 1 heterocycles. The average Bonchev–Trinajstić information content (AvgIpc) is 2.04. The molecule has 0 amide bonds. The minimum absolute atomic E-state index is 0.0538. The molecule has 0 saturated carbocycles. The van der Waals surface area contributed by atoms with Gasteiger partial charge in [0.05, 0.1) is 5.41 Å². The third-order valence-electron chi connectivity index (χ3n) is 2.46. The smallest absolute Gasteiger partial charge is 0.312 e. The van der Waals surface area contributed by atoms with Crippen molar-refractivity contribution in [1.29, 1.82) is 0 Å². The van der Waals surface area contributed by atoms with Gasteiger partial charge in [0.2, 0.25) is 0 Å². The SMILES string of the molecule is CCC1(C)CC(C)(C)C(=O)O1. The van der Waals surface area contributed by atoms with E-state index >= 15 is 0 Å². The van der Waals surface area contributed by atoms with E-state index < -0.39 is 0 Å². The first-order valence-corrected chi connectivity index (χ1v) is 4.13. The molecule has 1 rings (SSSR count). The highest BCUT2D eigenvalue weighted by Crippen LogP contribution is 2.41. The highest BCUT2D eigenvalue weighted by Gasteiger charge is 2.47. The Morgan fingerprint density at radius 3 is 2.18 bits per heavy atom. The molecule has 1 atom stereocenters. The van der Waals surface area contributed by atoms with E-state index in [-0.39, 0.29) is 17.0 Å². The predicted octanol–water partition coefficient (Wildman–Crippen LogP) is 2.13. The summed E-state index contributed by atoms with van der Waals surface area (Å²) in [6.45, 7) is 7.93. The second kappa shape index (κ2) is 2.23. The minimum Gasteiger partial charge on any atom is -0.459 e. The van der Waals surface area contributed by atoms with E-state index in [0.717, 1.165) is 12.8 Å². The van der Waals surface area contributed by atoms with Gasteiger partial charge < -0.3 is 4.74 Å². The summed E-state index contributed by atoms with van der Waals surface area (Å²) in [5.41, 5.74) is -0.481. The van der Waals surface area contributed by atoms with Crippen LogP contribution in [0.25, 0.3) is 0 Å². The monoisotopic (exact) mass is 156 g/mol. The Morgan fingerprint density at radius 1 is 1.45 bits per heavy atom. The van der Waals surface area contributed by atoms with Crippen LogP contribution in [0.3, 0.4) is 0 Å². The summed E-state index contributed by atoms with van der Waals surface area (Å²) >= 11 is 0. The van der Waals surface area contributed by atoms with Crippen LogP contribution in [-0.2, 0) is 9.53 Å². The molecule has 0 aliphatic carbocycles. The normalized spacial score (nSPS) is 35.5. The molecule has 0 radical (unpaired) electrons. The number of rotatable bonds is 1. The lowest BCUT2D eigenvalue weighted by atomic mass is 9.84. The fourth-order valence-electron chi connectivity index (χ4n) is 1.60. The van der Waals surface area contributed by atoms with Crippen molar-refractivity contribution in [3.05, 3.63) is 0 Å². The standard InChI is InChI=1S/C9H16O2/c1-5-9(4)6-8(2,3)7(10)11-9/h5-6H2,1-4H3. The quantitative estimate of drug-likeness (QED) is 0.543. The topological polar surface area (TPSA) is 26.3 Å². The van der Waals surface area contributed by atoms with E-state index in [2.05, 4.69) is 6.92 Å². The fraction of sp³-hybridized carbons (Fsp3) is 0.889. The van der Waals surface area contributed by atoms with Crippen LogP contribution in [-0.4, -0.2) is 11.6 Å². The van der Waals surface area contributed by atoms with Crippen molar-refractivity contribution in [3.8, 4) is 0 Å². The van der Waals surface area contributed by atoms with Crippen LogP contribution < -0.4 is 0 Å². The van der Waals surface area contributed by atoms with Crippen molar-refractivity contribution < 1.29 is 9.53 Å². The summed E-state index contributed by atoms with van der Waals surface area (Å²) in [5.74, 6) is -0.0538. The van der Waals surface area contributed by atoms with Gasteiger partial charge in [-0.05, 0) is 27.2 Å². The van der Waals surface area contributed by atoms with E-state index in [1.165, 1.54) is 0 Å². The van der Waals surface area contributed by atoms with Crippen LogP contribution in [0.1, 0.15) is 40.5 Å². The molecule has 0 aromatic carbocycles. The molecule has 1 aliphatic heterocycles. The number of hydrogen-bond donors (Lipinski definition) is 0. The van der Waals surface area contributed by atoms with Gasteiger partial charge >= 0.3 is 5.97 Å². The molecule has 1 fully saturated rings. The van der Waals surface area contributed by atoms with E-state index in [1.54, 1.807) is 0 Å². The first-order chi connectivity index (χ1) is 4.90. The Hall–Kier alpha value is -0.530.